The molecule has 0 amide bonds. The maximum Gasteiger partial charge on any atom is 0.201 e. The van der Waals surface area contributed by atoms with Crippen molar-refractivity contribution in [1.82, 2.24) is 9.55 Å². The van der Waals surface area contributed by atoms with Crippen LogP contribution in [0.1, 0.15) is 19.4 Å². The maximum absolute atomic E-state index is 9.08. The van der Waals surface area contributed by atoms with E-state index in [1.165, 1.54) is 0 Å². The first-order chi connectivity index (χ1) is 8.51. The van der Waals surface area contributed by atoms with E-state index < -0.39 is 0 Å². The summed E-state index contributed by atoms with van der Waals surface area (Å²) in [4.78, 5) is 4.30. The number of benzene rings is 1. The quantitative estimate of drug-likeness (QED) is 0.894. The Hall–Kier alpha value is -2.06. The number of hydrogen-bond acceptors (Lipinski definition) is 4. The van der Waals surface area contributed by atoms with Crippen LogP contribution < -0.4 is 5.73 Å². The highest BCUT2D eigenvalue weighted by molar-refractivity contribution is 5.84. The van der Waals surface area contributed by atoms with Crippen LogP contribution in [-0.2, 0) is 10.3 Å². The van der Waals surface area contributed by atoms with Gasteiger partial charge in [-0.15, -0.1) is 0 Å². The van der Waals surface area contributed by atoms with Gasteiger partial charge in [0.2, 0.25) is 5.95 Å². The average Bonchev–Trinajstić information content (AvgIpc) is 2.65. The zero-order valence-corrected chi connectivity index (χ0v) is 10.8. The molecule has 0 aliphatic heterocycles. The van der Waals surface area contributed by atoms with Crippen molar-refractivity contribution in [2.75, 3.05) is 19.5 Å². The van der Waals surface area contributed by atoms with E-state index in [0.717, 1.165) is 5.52 Å². The molecule has 0 spiro atoms. The van der Waals surface area contributed by atoms with E-state index in [4.69, 9.17) is 15.7 Å². The summed E-state index contributed by atoms with van der Waals surface area (Å²) in [5.41, 5.74) is 7.69. The molecular weight excluding hydrogens is 228 g/mol. The van der Waals surface area contributed by atoms with Gasteiger partial charge in [-0.1, -0.05) is 6.07 Å². The molecule has 94 valence electrons. The lowest BCUT2D eigenvalue weighted by Crippen LogP contribution is -2.32. The lowest BCUT2D eigenvalue weighted by Gasteiger charge is -2.27. The van der Waals surface area contributed by atoms with E-state index in [1.54, 1.807) is 13.2 Å². The van der Waals surface area contributed by atoms with Crippen molar-refractivity contribution in [2.45, 2.75) is 19.4 Å². The molecule has 0 unspecified atom stereocenters. The van der Waals surface area contributed by atoms with Gasteiger partial charge >= 0.3 is 0 Å². The van der Waals surface area contributed by atoms with Crippen LogP contribution in [-0.4, -0.2) is 23.3 Å². The van der Waals surface area contributed by atoms with Gasteiger partial charge in [-0.2, -0.15) is 5.26 Å². The van der Waals surface area contributed by atoms with Gasteiger partial charge in [0, 0.05) is 7.11 Å². The molecule has 0 atom stereocenters. The van der Waals surface area contributed by atoms with Crippen LogP contribution in [0.25, 0.3) is 11.0 Å². The van der Waals surface area contributed by atoms with E-state index >= 15 is 0 Å². The fourth-order valence-corrected chi connectivity index (χ4v) is 2.26. The Bertz CT molecular complexity index is 622. The molecule has 0 saturated heterocycles. The van der Waals surface area contributed by atoms with Gasteiger partial charge in [0.15, 0.2) is 0 Å². The smallest absolute Gasteiger partial charge is 0.201 e. The number of nitrogens with zero attached hydrogens (tertiary/aromatic N) is 3. The molecule has 0 saturated carbocycles. The van der Waals surface area contributed by atoms with Crippen LogP contribution in [0.4, 0.5) is 5.95 Å². The molecule has 0 aliphatic carbocycles. The standard InChI is InChI=1S/C13H16N4O/c1-13(2,8-18-3)17-10-6-4-5-9(7-14)11(10)16-12(17)15/h4-6H,8H2,1-3H3,(H2,15,16). The molecule has 2 aromatic rings. The predicted octanol–water partition coefficient (Wildman–Crippen LogP) is 1.87. The Morgan fingerprint density at radius 2 is 2.22 bits per heavy atom. The number of rotatable bonds is 3. The number of nitriles is 1. The summed E-state index contributed by atoms with van der Waals surface area (Å²) in [6, 6.07) is 7.62. The molecule has 0 bridgehead atoms. The van der Waals surface area contributed by atoms with E-state index in [1.807, 2.05) is 30.5 Å². The van der Waals surface area contributed by atoms with E-state index in [0.29, 0.717) is 23.6 Å². The van der Waals surface area contributed by atoms with Crippen molar-refractivity contribution >= 4 is 17.0 Å². The normalized spacial score (nSPS) is 11.7. The van der Waals surface area contributed by atoms with Crippen molar-refractivity contribution in [3.8, 4) is 6.07 Å². The molecule has 5 heteroatoms. The first-order valence-corrected chi connectivity index (χ1v) is 5.67. The summed E-state index contributed by atoms with van der Waals surface area (Å²) < 4.78 is 7.13. The van der Waals surface area contributed by atoms with Gasteiger partial charge in [0.25, 0.3) is 0 Å². The van der Waals surface area contributed by atoms with E-state index in [-0.39, 0.29) is 5.54 Å². The second kappa shape index (κ2) is 4.31. The Morgan fingerprint density at radius 1 is 1.50 bits per heavy atom. The summed E-state index contributed by atoms with van der Waals surface area (Å²) in [6.07, 6.45) is 0. The molecule has 0 fully saturated rings. The number of nitrogen functional groups attached to an aromatic ring is 1. The third kappa shape index (κ3) is 1.81. The fraction of sp³-hybridized carbons (Fsp3) is 0.385. The largest absolute Gasteiger partial charge is 0.382 e. The Morgan fingerprint density at radius 3 is 2.83 bits per heavy atom. The van der Waals surface area contributed by atoms with Gasteiger partial charge < -0.3 is 15.0 Å². The third-order valence-corrected chi connectivity index (χ3v) is 2.93. The van der Waals surface area contributed by atoms with Crippen molar-refractivity contribution in [3.05, 3.63) is 23.8 Å². The molecule has 18 heavy (non-hydrogen) atoms. The highest BCUT2D eigenvalue weighted by Crippen LogP contribution is 2.28. The van der Waals surface area contributed by atoms with Crippen LogP contribution in [0.3, 0.4) is 0 Å². The highest BCUT2D eigenvalue weighted by atomic mass is 16.5. The highest BCUT2D eigenvalue weighted by Gasteiger charge is 2.25. The molecule has 0 aliphatic rings. The average molecular weight is 244 g/mol. The summed E-state index contributed by atoms with van der Waals surface area (Å²) in [5, 5.41) is 9.08. The van der Waals surface area contributed by atoms with Crippen molar-refractivity contribution in [1.29, 1.82) is 5.26 Å². The number of aromatic nitrogens is 2. The van der Waals surface area contributed by atoms with Gasteiger partial charge in [-0.05, 0) is 26.0 Å². The minimum Gasteiger partial charge on any atom is -0.382 e. The van der Waals surface area contributed by atoms with Crippen LogP contribution >= 0.6 is 0 Å². The van der Waals surface area contributed by atoms with Gasteiger partial charge in [0.05, 0.1) is 23.2 Å². The zero-order valence-electron chi connectivity index (χ0n) is 10.8. The van der Waals surface area contributed by atoms with Crippen LogP contribution in [0.15, 0.2) is 18.2 Å². The Balaban J connectivity index is 2.73. The van der Waals surface area contributed by atoms with E-state index in [9.17, 15) is 0 Å². The zero-order chi connectivity index (χ0) is 13.3. The molecule has 1 heterocycles. The third-order valence-electron chi connectivity index (χ3n) is 2.93. The Kier molecular flexibility index (Phi) is 2.97. The molecule has 2 N–H and O–H groups in total. The fourth-order valence-electron chi connectivity index (χ4n) is 2.26. The van der Waals surface area contributed by atoms with Crippen LogP contribution in [0, 0.1) is 11.3 Å². The van der Waals surface area contributed by atoms with Crippen molar-refractivity contribution in [3.63, 3.8) is 0 Å². The number of anilines is 1. The number of methoxy groups -OCH3 is 1. The van der Waals surface area contributed by atoms with E-state index in [2.05, 4.69) is 11.1 Å². The topological polar surface area (TPSA) is 76.9 Å². The maximum atomic E-state index is 9.08. The first kappa shape index (κ1) is 12.4. The number of fused-ring (bicyclic) bond motifs is 1. The summed E-state index contributed by atoms with van der Waals surface area (Å²) in [5.74, 6) is 0.398. The second-order valence-electron chi connectivity index (χ2n) is 4.84. The van der Waals surface area contributed by atoms with Crippen molar-refractivity contribution < 1.29 is 4.74 Å². The number of ether oxygens (including phenoxy) is 1. The summed E-state index contributed by atoms with van der Waals surface area (Å²) in [6.45, 7) is 4.56. The molecule has 1 aromatic carbocycles. The monoisotopic (exact) mass is 244 g/mol. The second-order valence-corrected chi connectivity index (χ2v) is 4.84. The molecule has 2 rings (SSSR count). The van der Waals surface area contributed by atoms with Gasteiger partial charge in [-0.3, -0.25) is 0 Å². The minimum atomic E-state index is -0.318. The number of hydrogen-bond donors (Lipinski definition) is 1. The summed E-state index contributed by atoms with van der Waals surface area (Å²) in [7, 11) is 1.65. The number of para-hydroxylation sites is 1. The number of imidazole rings is 1. The number of nitrogens with two attached hydrogens (primary N) is 1. The van der Waals surface area contributed by atoms with Gasteiger partial charge in [0.1, 0.15) is 11.6 Å². The first-order valence-electron chi connectivity index (χ1n) is 5.67. The lowest BCUT2D eigenvalue weighted by molar-refractivity contribution is 0.113. The van der Waals surface area contributed by atoms with Gasteiger partial charge in [-0.25, -0.2) is 4.98 Å². The molecule has 0 radical (unpaired) electrons. The molecule has 5 nitrogen and oxygen atoms in total. The SMILES string of the molecule is COCC(C)(C)n1c(N)nc2c(C#N)cccc21. The molecule has 1 aromatic heterocycles. The molecular formula is C13H16N4O. The predicted molar refractivity (Wildman–Crippen MR) is 70.1 cm³/mol. The van der Waals surface area contributed by atoms with Crippen molar-refractivity contribution in [2.24, 2.45) is 0 Å². The summed E-state index contributed by atoms with van der Waals surface area (Å²) >= 11 is 0. The van der Waals surface area contributed by atoms with Crippen LogP contribution in [0.5, 0.6) is 0 Å². The minimum absolute atomic E-state index is 0.318. The van der Waals surface area contributed by atoms with Crippen LogP contribution in [0.2, 0.25) is 0 Å². The lowest BCUT2D eigenvalue weighted by atomic mass is 10.1. The Labute approximate surface area is 106 Å².